The summed E-state index contributed by atoms with van der Waals surface area (Å²) in [6.07, 6.45) is 0. The van der Waals surface area contributed by atoms with Gasteiger partial charge in [0.2, 0.25) is 0 Å². The largest absolute Gasteiger partial charge is 0.493 e. The quantitative estimate of drug-likeness (QED) is 0.453. The maximum atomic E-state index is 8.88. The minimum atomic E-state index is -0.0830. The molecule has 14 heavy (non-hydrogen) atoms. The Morgan fingerprint density at radius 1 is 1.57 bits per heavy atom. The van der Waals surface area contributed by atoms with Crippen LogP contribution < -0.4 is 4.74 Å². The number of rotatable bonds is 4. The zero-order valence-electron chi connectivity index (χ0n) is 7.84. The van der Waals surface area contributed by atoms with Gasteiger partial charge in [-0.25, -0.2) is 0 Å². The molecule has 1 aromatic rings. The third-order valence-corrected chi connectivity index (χ3v) is 1.66. The normalized spacial score (nSPS) is 9.29. The van der Waals surface area contributed by atoms with Crippen LogP contribution in [0.5, 0.6) is 5.75 Å². The van der Waals surface area contributed by atoms with Gasteiger partial charge in [0.05, 0.1) is 18.9 Å². The van der Waals surface area contributed by atoms with E-state index < -0.39 is 0 Å². The van der Waals surface area contributed by atoms with E-state index in [9.17, 15) is 0 Å². The van der Waals surface area contributed by atoms with Crippen molar-refractivity contribution in [3.05, 3.63) is 34.2 Å². The van der Waals surface area contributed by atoms with Gasteiger partial charge in [0.25, 0.3) is 0 Å². The van der Waals surface area contributed by atoms with Gasteiger partial charge in [0.1, 0.15) is 5.75 Å². The van der Waals surface area contributed by atoms with E-state index in [2.05, 4.69) is 10.0 Å². The number of azide groups is 1. The Hall–Kier alpha value is -1.71. The minimum absolute atomic E-state index is 0.0830. The molecule has 0 amide bonds. The average Bonchev–Trinajstić information content (AvgIpc) is 2.21. The van der Waals surface area contributed by atoms with Crippen LogP contribution in [-0.4, -0.2) is 11.7 Å². The van der Waals surface area contributed by atoms with Crippen molar-refractivity contribution in [1.82, 2.24) is 0 Å². The van der Waals surface area contributed by atoms with Crippen LogP contribution >= 0.6 is 0 Å². The molecule has 5 heteroatoms. The maximum absolute atomic E-state index is 8.88. The first-order valence-corrected chi connectivity index (χ1v) is 4.23. The van der Waals surface area contributed by atoms with Crippen LogP contribution in [0.15, 0.2) is 23.3 Å². The van der Waals surface area contributed by atoms with Crippen LogP contribution in [0.2, 0.25) is 0 Å². The van der Waals surface area contributed by atoms with Gasteiger partial charge in [-0.3, -0.25) is 0 Å². The molecular weight excluding hydrogens is 182 g/mol. The molecule has 1 aromatic carbocycles. The minimum Gasteiger partial charge on any atom is -0.493 e. The maximum Gasteiger partial charge on any atom is 0.128 e. The highest BCUT2D eigenvalue weighted by Gasteiger charge is 2.02. The summed E-state index contributed by atoms with van der Waals surface area (Å²) in [4.78, 5) is 2.69. The molecule has 0 atom stereocenters. The van der Waals surface area contributed by atoms with E-state index in [-0.39, 0.29) is 6.61 Å². The van der Waals surface area contributed by atoms with E-state index in [1.165, 1.54) is 0 Å². The molecule has 0 aromatic heterocycles. The highest BCUT2D eigenvalue weighted by atomic mass is 16.5. The molecule has 0 bridgehead atoms. The van der Waals surface area contributed by atoms with Crippen molar-refractivity contribution in [2.24, 2.45) is 5.11 Å². The summed E-state index contributed by atoms with van der Waals surface area (Å²) in [6, 6.07) is 5.01. The first-order chi connectivity index (χ1) is 6.81. The zero-order chi connectivity index (χ0) is 10.4. The van der Waals surface area contributed by atoms with E-state index in [4.69, 9.17) is 15.4 Å². The van der Waals surface area contributed by atoms with Gasteiger partial charge >= 0.3 is 0 Å². The first-order valence-electron chi connectivity index (χ1n) is 4.23. The van der Waals surface area contributed by atoms with Crippen molar-refractivity contribution in [3.63, 3.8) is 0 Å². The van der Waals surface area contributed by atoms with Gasteiger partial charge in [-0.15, -0.1) is 0 Å². The Morgan fingerprint density at radius 2 is 2.36 bits per heavy atom. The zero-order valence-corrected chi connectivity index (χ0v) is 7.84. The molecule has 5 nitrogen and oxygen atoms in total. The predicted octanol–water partition coefficient (Wildman–Crippen LogP) is 2.52. The van der Waals surface area contributed by atoms with E-state index in [0.29, 0.717) is 23.6 Å². The van der Waals surface area contributed by atoms with Crippen LogP contribution in [0.1, 0.15) is 12.5 Å². The third kappa shape index (κ3) is 2.39. The van der Waals surface area contributed by atoms with Gasteiger partial charge in [-0.05, 0) is 30.2 Å². The fraction of sp³-hybridized carbons (Fsp3) is 0.333. The number of benzene rings is 1. The summed E-state index contributed by atoms with van der Waals surface area (Å²) in [5.41, 5.74) is 9.41. The molecule has 0 saturated carbocycles. The highest BCUT2D eigenvalue weighted by Crippen LogP contribution is 2.28. The SMILES string of the molecule is CCOc1ccc(CO)cc1N=[N+]=[N-]. The Bertz CT molecular complexity index is 359. The van der Waals surface area contributed by atoms with Gasteiger partial charge < -0.3 is 9.84 Å². The molecule has 74 valence electrons. The molecule has 0 radical (unpaired) electrons. The number of hydrogen-bond acceptors (Lipinski definition) is 3. The lowest BCUT2D eigenvalue weighted by Gasteiger charge is -2.07. The van der Waals surface area contributed by atoms with Gasteiger partial charge in [-0.2, -0.15) is 0 Å². The Balaban J connectivity index is 3.09. The Labute approximate surface area is 81.6 Å². The summed E-state index contributed by atoms with van der Waals surface area (Å²) < 4.78 is 5.24. The molecular formula is C9H11N3O2. The fourth-order valence-corrected chi connectivity index (χ4v) is 1.07. The second-order valence-corrected chi connectivity index (χ2v) is 2.58. The third-order valence-electron chi connectivity index (χ3n) is 1.66. The van der Waals surface area contributed by atoms with Crippen LogP contribution in [0, 0.1) is 0 Å². The van der Waals surface area contributed by atoms with Crippen molar-refractivity contribution in [3.8, 4) is 5.75 Å². The van der Waals surface area contributed by atoms with Gasteiger partial charge in [0, 0.05) is 4.91 Å². The highest BCUT2D eigenvalue weighted by molar-refractivity contribution is 5.53. The predicted molar refractivity (Wildman–Crippen MR) is 52.3 cm³/mol. The number of nitrogens with zero attached hydrogens (tertiary/aromatic N) is 3. The second-order valence-electron chi connectivity index (χ2n) is 2.58. The lowest BCUT2D eigenvalue weighted by molar-refractivity contribution is 0.281. The Kier molecular flexibility index (Phi) is 3.79. The van der Waals surface area contributed by atoms with Gasteiger partial charge in [-0.1, -0.05) is 11.2 Å². The molecule has 0 unspecified atom stereocenters. The smallest absolute Gasteiger partial charge is 0.128 e. The van der Waals surface area contributed by atoms with Crippen molar-refractivity contribution >= 4 is 5.69 Å². The average molecular weight is 193 g/mol. The van der Waals surface area contributed by atoms with Crippen molar-refractivity contribution in [2.75, 3.05) is 6.61 Å². The van der Waals surface area contributed by atoms with Crippen LogP contribution in [0.3, 0.4) is 0 Å². The standard InChI is InChI=1S/C9H11N3O2/c1-2-14-9-4-3-7(6-13)5-8(9)11-12-10/h3-5,13H,2,6H2,1H3. The van der Waals surface area contributed by atoms with E-state index in [1.807, 2.05) is 6.92 Å². The molecule has 0 spiro atoms. The first kappa shape index (κ1) is 10.4. The van der Waals surface area contributed by atoms with Crippen molar-refractivity contribution in [2.45, 2.75) is 13.5 Å². The molecule has 0 heterocycles. The summed E-state index contributed by atoms with van der Waals surface area (Å²) in [6.45, 7) is 2.27. The van der Waals surface area contributed by atoms with E-state index >= 15 is 0 Å². The van der Waals surface area contributed by atoms with Crippen molar-refractivity contribution in [1.29, 1.82) is 0 Å². The van der Waals surface area contributed by atoms with Crippen molar-refractivity contribution < 1.29 is 9.84 Å². The molecule has 0 aliphatic rings. The summed E-state index contributed by atoms with van der Waals surface area (Å²) in [5.74, 6) is 0.530. The fourth-order valence-electron chi connectivity index (χ4n) is 1.07. The molecule has 0 fully saturated rings. The molecule has 1 N–H and O–H groups in total. The summed E-state index contributed by atoms with van der Waals surface area (Å²) >= 11 is 0. The second kappa shape index (κ2) is 5.11. The number of aliphatic hydroxyl groups is 1. The molecule has 0 saturated heterocycles. The van der Waals surface area contributed by atoms with Crippen LogP contribution in [0.25, 0.3) is 10.4 Å². The number of hydrogen-bond donors (Lipinski definition) is 1. The molecule has 1 rings (SSSR count). The summed E-state index contributed by atoms with van der Waals surface area (Å²) in [5, 5.41) is 12.4. The number of ether oxygens (including phenoxy) is 1. The molecule has 0 aliphatic carbocycles. The summed E-state index contributed by atoms with van der Waals surface area (Å²) in [7, 11) is 0. The topological polar surface area (TPSA) is 78.2 Å². The van der Waals surface area contributed by atoms with Crippen LogP contribution in [-0.2, 0) is 6.61 Å². The lowest BCUT2D eigenvalue weighted by atomic mass is 10.2. The Morgan fingerprint density at radius 3 is 2.93 bits per heavy atom. The number of aliphatic hydroxyl groups excluding tert-OH is 1. The monoisotopic (exact) mass is 193 g/mol. The van der Waals surface area contributed by atoms with E-state index in [0.717, 1.165) is 0 Å². The molecule has 0 aliphatic heterocycles. The lowest BCUT2D eigenvalue weighted by Crippen LogP contribution is -1.92. The van der Waals surface area contributed by atoms with Gasteiger partial charge in [0.15, 0.2) is 0 Å². The van der Waals surface area contributed by atoms with Crippen LogP contribution in [0.4, 0.5) is 5.69 Å². The van der Waals surface area contributed by atoms with E-state index in [1.54, 1.807) is 18.2 Å².